The number of nitrogen functional groups attached to an aromatic ring is 1. The summed E-state index contributed by atoms with van der Waals surface area (Å²) in [5.74, 6) is 0. The van der Waals surface area contributed by atoms with E-state index in [0.29, 0.717) is 11.7 Å². The summed E-state index contributed by atoms with van der Waals surface area (Å²) in [4.78, 5) is 5.84. The van der Waals surface area contributed by atoms with Gasteiger partial charge in [-0.1, -0.05) is 6.92 Å². The minimum Gasteiger partial charge on any atom is -0.375 e. The molecule has 0 aliphatic carbocycles. The molecule has 0 aliphatic rings. The molecular weight excluding hydrogens is 227 g/mol. The van der Waals surface area contributed by atoms with Gasteiger partial charge in [0.1, 0.15) is 0 Å². The zero-order chi connectivity index (χ0) is 11.5. The van der Waals surface area contributed by atoms with Crippen molar-refractivity contribution in [3.63, 3.8) is 0 Å². The van der Waals surface area contributed by atoms with Crippen LogP contribution in [0.25, 0.3) is 0 Å². The van der Waals surface area contributed by atoms with Gasteiger partial charge in [0, 0.05) is 17.6 Å². The van der Waals surface area contributed by atoms with E-state index in [1.807, 2.05) is 0 Å². The number of hydrogen-bond acceptors (Lipinski definition) is 4. The fourth-order valence-electron chi connectivity index (χ4n) is 1.15. The van der Waals surface area contributed by atoms with E-state index in [1.165, 1.54) is 22.4 Å². The van der Waals surface area contributed by atoms with Crippen molar-refractivity contribution in [2.45, 2.75) is 19.6 Å². The maximum Gasteiger partial charge on any atom is 0.401 e. The van der Waals surface area contributed by atoms with Crippen molar-refractivity contribution in [2.75, 3.05) is 18.8 Å². The molecule has 86 valence electrons. The Kier molecular flexibility index (Phi) is 3.92. The summed E-state index contributed by atoms with van der Waals surface area (Å²) >= 11 is 1.22. The highest BCUT2D eigenvalue weighted by Crippen LogP contribution is 2.20. The Labute approximate surface area is 89.7 Å². The summed E-state index contributed by atoms with van der Waals surface area (Å²) in [7, 11) is 0. The van der Waals surface area contributed by atoms with E-state index in [4.69, 9.17) is 5.73 Å². The first kappa shape index (κ1) is 12.3. The molecule has 1 rings (SSSR count). The topological polar surface area (TPSA) is 42.2 Å². The third-order valence-corrected chi connectivity index (χ3v) is 2.61. The highest BCUT2D eigenvalue weighted by Gasteiger charge is 2.30. The van der Waals surface area contributed by atoms with E-state index >= 15 is 0 Å². The Balaban J connectivity index is 2.54. The van der Waals surface area contributed by atoms with Crippen molar-refractivity contribution in [3.05, 3.63) is 11.1 Å². The predicted molar refractivity (Wildman–Crippen MR) is 53.5 cm³/mol. The Bertz CT molecular complexity index is 310. The molecule has 0 saturated heterocycles. The Morgan fingerprint density at radius 1 is 1.53 bits per heavy atom. The number of nitrogens with zero attached hydrogens (tertiary/aromatic N) is 2. The molecule has 3 nitrogen and oxygen atoms in total. The molecule has 0 amide bonds. The molecule has 1 heterocycles. The Morgan fingerprint density at radius 2 is 2.20 bits per heavy atom. The molecule has 15 heavy (non-hydrogen) atoms. The van der Waals surface area contributed by atoms with Crippen LogP contribution in [-0.4, -0.2) is 29.1 Å². The second-order valence-electron chi connectivity index (χ2n) is 3.08. The molecule has 7 heteroatoms. The lowest BCUT2D eigenvalue weighted by atomic mass is 10.4. The van der Waals surface area contributed by atoms with Gasteiger partial charge < -0.3 is 5.73 Å². The predicted octanol–water partition coefficient (Wildman–Crippen LogP) is 2.11. The zero-order valence-electron chi connectivity index (χ0n) is 8.21. The van der Waals surface area contributed by atoms with Gasteiger partial charge in [0.25, 0.3) is 0 Å². The second kappa shape index (κ2) is 4.80. The summed E-state index contributed by atoms with van der Waals surface area (Å²) in [5.41, 5.74) is 5.39. The molecule has 0 aromatic carbocycles. The first-order chi connectivity index (χ1) is 6.90. The lowest BCUT2D eigenvalue weighted by molar-refractivity contribution is -0.146. The molecule has 0 aliphatic heterocycles. The van der Waals surface area contributed by atoms with Gasteiger partial charge in [0.2, 0.25) is 0 Å². The third-order valence-electron chi connectivity index (χ3n) is 1.80. The molecule has 1 aromatic heterocycles. The summed E-state index contributed by atoms with van der Waals surface area (Å²) in [6.45, 7) is 1.37. The summed E-state index contributed by atoms with van der Waals surface area (Å²) in [6.07, 6.45) is -2.65. The number of aromatic nitrogens is 1. The van der Waals surface area contributed by atoms with Crippen molar-refractivity contribution in [2.24, 2.45) is 0 Å². The van der Waals surface area contributed by atoms with E-state index in [9.17, 15) is 13.2 Å². The van der Waals surface area contributed by atoms with Crippen molar-refractivity contribution in [1.82, 2.24) is 9.88 Å². The summed E-state index contributed by atoms with van der Waals surface area (Å²) in [6, 6.07) is 0. The third kappa shape index (κ3) is 4.48. The quantitative estimate of drug-likeness (QED) is 0.875. The van der Waals surface area contributed by atoms with Crippen LogP contribution in [0.5, 0.6) is 0 Å². The van der Waals surface area contributed by atoms with Crippen LogP contribution in [0.3, 0.4) is 0 Å². The number of anilines is 1. The first-order valence-corrected chi connectivity index (χ1v) is 5.21. The lowest BCUT2D eigenvalue weighted by Crippen LogP contribution is -2.33. The second-order valence-corrected chi connectivity index (χ2v) is 4.23. The Morgan fingerprint density at radius 3 is 2.60 bits per heavy atom. The number of thiazole rings is 1. The van der Waals surface area contributed by atoms with E-state index in [2.05, 4.69) is 4.98 Å². The van der Waals surface area contributed by atoms with Crippen molar-refractivity contribution >= 4 is 16.5 Å². The fraction of sp³-hybridized carbons (Fsp3) is 0.625. The van der Waals surface area contributed by atoms with Crippen LogP contribution in [0.2, 0.25) is 0 Å². The number of hydrogen-bond donors (Lipinski definition) is 1. The van der Waals surface area contributed by atoms with Crippen LogP contribution in [-0.2, 0) is 6.54 Å². The zero-order valence-corrected chi connectivity index (χ0v) is 9.03. The van der Waals surface area contributed by atoms with Gasteiger partial charge in [-0.2, -0.15) is 13.2 Å². The molecule has 2 N–H and O–H groups in total. The molecule has 0 radical (unpaired) electrons. The molecule has 0 fully saturated rings. The average Bonchev–Trinajstić information content (AvgIpc) is 2.47. The lowest BCUT2D eigenvalue weighted by Gasteiger charge is -2.20. The number of rotatable bonds is 4. The van der Waals surface area contributed by atoms with Gasteiger partial charge in [0.05, 0.1) is 6.54 Å². The summed E-state index contributed by atoms with van der Waals surface area (Å²) in [5, 5.41) is 0.382. The van der Waals surface area contributed by atoms with Crippen molar-refractivity contribution < 1.29 is 13.2 Å². The number of halogens is 3. The van der Waals surface area contributed by atoms with Crippen molar-refractivity contribution in [3.8, 4) is 0 Å². The van der Waals surface area contributed by atoms with E-state index in [-0.39, 0.29) is 6.54 Å². The summed E-state index contributed by atoms with van der Waals surface area (Å²) < 4.78 is 36.4. The normalized spacial score (nSPS) is 12.3. The fourth-order valence-corrected chi connectivity index (χ4v) is 1.88. The molecule has 1 aromatic rings. The largest absolute Gasteiger partial charge is 0.401 e. The molecule has 0 atom stereocenters. The standard InChI is InChI=1S/C8H12F3N3S/c1-2-14(5-8(9,10)11)4-6-3-13-7(12)15-6/h3H,2,4-5H2,1H3,(H2,12,13). The van der Waals surface area contributed by atoms with Gasteiger partial charge in [-0.25, -0.2) is 4.98 Å². The average molecular weight is 239 g/mol. The van der Waals surface area contributed by atoms with Gasteiger partial charge in [-0.3, -0.25) is 4.90 Å². The molecule has 0 bridgehead atoms. The first-order valence-electron chi connectivity index (χ1n) is 4.40. The SMILES string of the molecule is CCN(Cc1cnc(N)s1)CC(F)(F)F. The van der Waals surface area contributed by atoms with E-state index < -0.39 is 12.7 Å². The molecule has 0 unspecified atom stereocenters. The van der Waals surface area contributed by atoms with Crippen LogP contribution in [0, 0.1) is 0 Å². The van der Waals surface area contributed by atoms with Crippen LogP contribution in [0.1, 0.15) is 11.8 Å². The Hall–Kier alpha value is -0.820. The maximum absolute atomic E-state index is 12.1. The number of alkyl halides is 3. The maximum atomic E-state index is 12.1. The van der Waals surface area contributed by atoms with Gasteiger partial charge in [-0.15, -0.1) is 11.3 Å². The van der Waals surface area contributed by atoms with Crippen LogP contribution in [0.15, 0.2) is 6.20 Å². The van der Waals surface area contributed by atoms with Crippen molar-refractivity contribution in [1.29, 1.82) is 0 Å². The van der Waals surface area contributed by atoms with Crippen LogP contribution < -0.4 is 5.73 Å². The van der Waals surface area contributed by atoms with Gasteiger partial charge in [-0.05, 0) is 6.54 Å². The minimum atomic E-state index is -4.16. The minimum absolute atomic E-state index is 0.241. The highest BCUT2D eigenvalue weighted by atomic mass is 32.1. The van der Waals surface area contributed by atoms with E-state index in [0.717, 1.165) is 4.88 Å². The molecule has 0 saturated carbocycles. The van der Waals surface area contributed by atoms with Gasteiger partial charge >= 0.3 is 6.18 Å². The van der Waals surface area contributed by atoms with Gasteiger partial charge in [0.15, 0.2) is 5.13 Å². The number of nitrogens with two attached hydrogens (primary N) is 1. The van der Waals surface area contributed by atoms with Crippen LogP contribution >= 0.6 is 11.3 Å². The van der Waals surface area contributed by atoms with Crippen LogP contribution in [0.4, 0.5) is 18.3 Å². The van der Waals surface area contributed by atoms with E-state index in [1.54, 1.807) is 6.92 Å². The highest BCUT2D eigenvalue weighted by molar-refractivity contribution is 7.15. The monoisotopic (exact) mass is 239 g/mol. The smallest absolute Gasteiger partial charge is 0.375 e. The molecule has 0 spiro atoms. The molecular formula is C8H12F3N3S.